The standard InChI is InChI=1S/2C18H22F12O4.C11H14F8O2.6CH4/c2*1-4-12(2,3)11(31)34-10-6-8(13(32,15(19,20)21)16(22,23)24)5-9(7-10)14(33,17(25,26)27)18(28,29)30;1-4-8(2,3)7(20)21-5-9(14,15)11(18,19)10(16,17)6(12)13;;;;;;/h2*8-10,32-33H,4-7H2,1-3H3;6H,4-5H2,1-3H3;6*1H4. The normalized spacial score (nSPS) is 20.5. The fourth-order valence-electron chi connectivity index (χ4n) is 8.46. The van der Waals surface area contributed by atoms with Gasteiger partial charge in [0.25, 0.3) is 22.4 Å². The first-order valence-electron chi connectivity index (χ1n) is 25.1. The van der Waals surface area contributed by atoms with Gasteiger partial charge >= 0.3 is 91.5 Å². The molecule has 578 valence electrons. The van der Waals surface area contributed by atoms with Gasteiger partial charge in [-0.05, 0) is 99.3 Å². The summed E-state index contributed by atoms with van der Waals surface area (Å²) in [6.45, 7) is 9.18. The van der Waals surface area contributed by atoms with Crippen LogP contribution in [0, 0.1) is 39.9 Å². The zero-order chi connectivity index (χ0) is 72.0. The predicted molar refractivity (Wildman–Crippen MR) is 274 cm³/mol. The van der Waals surface area contributed by atoms with Crippen LogP contribution < -0.4 is 0 Å². The van der Waals surface area contributed by atoms with Crippen LogP contribution in [0.4, 0.5) is 140 Å². The van der Waals surface area contributed by atoms with Crippen LogP contribution in [0.15, 0.2) is 0 Å². The Morgan fingerprint density at radius 1 is 0.347 bits per heavy atom. The molecule has 4 atom stereocenters. The molecule has 2 rings (SSSR count). The summed E-state index contributed by atoms with van der Waals surface area (Å²) in [4.78, 5) is 35.8. The smallest absolute Gasteiger partial charge is 0.426 e. The van der Waals surface area contributed by atoms with Gasteiger partial charge in [0.15, 0.2) is 6.61 Å². The summed E-state index contributed by atoms with van der Waals surface area (Å²) in [7, 11) is 0. The predicted octanol–water partition coefficient (Wildman–Crippen LogP) is 18.9. The Morgan fingerprint density at radius 2 is 0.526 bits per heavy atom. The Morgan fingerprint density at radius 3 is 0.684 bits per heavy atom. The first-order chi connectivity index (χ1) is 38.7. The zero-order valence-corrected chi connectivity index (χ0v) is 46.9. The van der Waals surface area contributed by atoms with E-state index in [0.717, 1.165) is 0 Å². The van der Waals surface area contributed by atoms with Crippen LogP contribution in [-0.4, -0.2) is 153 Å². The van der Waals surface area contributed by atoms with Crippen molar-refractivity contribution < 1.29 is 190 Å². The average Bonchev–Trinajstić information content (AvgIpc) is 0.733. The average molecular weight is 1490 g/mol. The summed E-state index contributed by atoms with van der Waals surface area (Å²) in [6.07, 6.45) is -72.9. The maximum atomic E-state index is 13.3. The molecule has 2 fully saturated rings. The monoisotopic (exact) mass is 1490 g/mol. The van der Waals surface area contributed by atoms with E-state index in [1.165, 1.54) is 62.3 Å². The maximum absolute atomic E-state index is 13.3. The Kier molecular flexibility index (Phi) is 36.3. The number of ether oxygens (including phenoxy) is 3. The van der Waals surface area contributed by atoms with Gasteiger partial charge in [0, 0.05) is 23.7 Å². The number of aliphatic hydroxyl groups is 4. The van der Waals surface area contributed by atoms with Gasteiger partial charge in [-0.3, -0.25) is 14.4 Å². The highest BCUT2D eigenvalue weighted by atomic mass is 19.5. The number of rotatable bonds is 17. The second-order valence-electron chi connectivity index (χ2n) is 22.8. The minimum absolute atomic E-state index is 0. The molecule has 0 aromatic heterocycles. The van der Waals surface area contributed by atoms with Gasteiger partial charge in [-0.2, -0.15) is 132 Å². The lowest BCUT2D eigenvalue weighted by atomic mass is 9.65. The molecule has 2 saturated carbocycles. The van der Waals surface area contributed by atoms with Crippen molar-refractivity contribution >= 4 is 17.9 Å². The highest BCUT2D eigenvalue weighted by Crippen LogP contribution is 2.61. The highest BCUT2D eigenvalue weighted by Gasteiger charge is 2.81. The molecule has 4 N–H and O–H groups in total. The van der Waals surface area contributed by atoms with Crippen molar-refractivity contribution in [3.63, 3.8) is 0 Å². The quantitative estimate of drug-likeness (QED) is 0.0627. The van der Waals surface area contributed by atoms with E-state index in [1.807, 2.05) is 0 Å². The molecule has 0 aromatic rings. The summed E-state index contributed by atoms with van der Waals surface area (Å²) in [5.41, 5.74) is -27.2. The van der Waals surface area contributed by atoms with Crippen LogP contribution in [-0.2, 0) is 28.6 Å². The van der Waals surface area contributed by atoms with Crippen molar-refractivity contribution in [2.24, 2.45) is 39.9 Å². The molecule has 10 nitrogen and oxygen atoms in total. The van der Waals surface area contributed by atoms with E-state index >= 15 is 0 Å². The van der Waals surface area contributed by atoms with E-state index < -0.39 is 211 Å². The number of carbonyl (C=O) groups excluding carboxylic acids is 3. The Balaban J connectivity index is -0.000000244. The van der Waals surface area contributed by atoms with E-state index in [1.54, 1.807) is 0 Å². The molecule has 0 amide bonds. The lowest BCUT2D eigenvalue weighted by molar-refractivity contribution is -0.406. The zero-order valence-electron chi connectivity index (χ0n) is 46.9. The van der Waals surface area contributed by atoms with Gasteiger partial charge < -0.3 is 34.6 Å². The molecule has 0 bridgehead atoms. The van der Waals surface area contributed by atoms with Crippen molar-refractivity contribution in [3.05, 3.63) is 0 Å². The summed E-state index contributed by atoms with van der Waals surface area (Å²) >= 11 is 0. The first kappa shape index (κ1) is 104. The van der Waals surface area contributed by atoms with E-state index in [9.17, 15) is 175 Å². The molecule has 0 radical (unpaired) electrons. The van der Waals surface area contributed by atoms with E-state index in [2.05, 4.69) is 4.74 Å². The Bertz CT molecular complexity index is 2080. The number of esters is 3. The summed E-state index contributed by atoms with van der Waals surface area (Å²) < 4.78 is 434. The fourth-order valence-corrected chi connectivity index (χ4v) is 8.46. The molecular weight excluding hydrogens is 1400 g/mol. The van der Waals surface area contributed by atoms with Crippen molar-refractivity contribution in [3.8, 4) is 0 Å². The second kappa shape index (κ2) is 33.0. The van der Waals surface area contributed by atoms with Crippen molar-refractivity contribution in [2.45, 2.75) is 273 Å². The fraction of sp³-hybridized carbons (Fsp3) is 0.943. The number of hydrogen-bond acceptors (Lipinski definition) is 10. The molecule has 2 aliphatic rings. The number of hydrogen-bond donors (Lipinski definition) is 4. The van der Waals surface area contributed by atoms with Gasteiger partial charge in [0.1, 0.15) is 12.2 Å². The lowest BCUT2D eigenvalue weighted by Crippen LogP contribution is -2.67. The summed E-state index contributed by atoms with van der Waals surface area (Å²) in [5, 5.41) is 38.5. The number of halogens is 32. The third kappa shape index (κ3) is 21.3. The van der Waals surface area contributed by atoms with Gasteiger partial charge in [-0.15, -0.1) is 0 Å². The largest absolute Gasteiger partial charge is 0.462 e. The van der Waals surface area contributed by atoms with Gasteiger partial charge in [0.2, 0.25) is 0 Å². The van der Waals surface area contributed by atoms with E-state index in [0.29, 0.717) is 0 Å². The SMILES string of the molecule is C.C.C.C.C.C.CCC(C)(C)C(=O)OC1CC(C(O)(C(F)(F)F)C(F)(F)F)CC(C(O)(C(F)(F)F)C(F)(F)F)C1.CCC(C)(C)C(=O)OC1CC(C(O)(C(F)(F)F)C(F)(F)F)CC(C(O)(C(F)(F)F)C(F)(F)F)C1.CCC(C)(C)C(=O)OCC(F)(F)C(F)(F)C(F)(F)C(F)F. The van der Waals surface area contributed by atoms with Crippen LogP contribution >= 0.6 is 0 Å². The van der Waals surface area contributed by atoms with Crippen molar-refractivity contribution in [1.29, 1.82) is 0 Å². The molecule has 95 heavy (non-hydrogen) atoms. The summed E-state index contributed by atoms with van der Waals surface area (Å²) in [5.74, 6) is -35.7. The van der Waals surface area contributed by atoms with Crippen LogP contribution in [0.5, 0.6) is 0 Å². The third-order valence-corrected chi connectivity index (χ3v) is 15.5. The van der Waals surface area contributed by atoms with Gasteiger partial charge in [-0.25, -0.2) is 8.78 Å². The maximum Gasteiger partial charge on any atom is 0.426 e. The minimum Gasteiger partial charge on any atom is -0.462 e. The molecule has 0 spiro atoms. The van der Waals surface area contributed by atoms with Crippen LogP contribution in [0.25, 0.3) is 0 Å². The highest BCUT2D eigenvalue weighted by molar-refractivity contribution is 5.76. The van der Waals surface area contributed by atoms with E-state index in [4.69, 9.17) is 9.47 Å². The van der Waals surface area contributed by atoms with Gasteiger partial charge in [-0.1, -0.05) is 65.3 Å². The minimum atomic E-state index is -6.58. The molecule has 0 heterocycles. The van der Waals surface area contributed by atoms with Crippen molar-refractivity contribution in [2.75, 3.05) is 6.61 Å². The molecule has 4 unspecified atom stereocenters. The van der Waals surface area contributed by atoms with Crippen LogP contribution in [0.2, 0.25) is 0 Å². The topological polar surface area (TPSA) is 160 Å². The third-order valence-electron chi connectivity index (χ3n) is 15.5. The number of carbonyl (C=O) groups is 3. The van der Waals surface area contributed by atoms with E-state index in [-0.39, 0.29) is 63.8 Å². The van der Waals surface area contributed by atoms with Crippen LogP contribution in [0.3, 0.4) is 0 Å². The molecule has 0 saturated heterocycles. The molecule has 42 heteroatoms. The molecule has 2 aliphatic carbocycles. The first-order valence-corrected chi connectivity index (χ1v) is 25.1. The molecular formula is C53H82F32O10. The Hall–Kier alpha value is -3.99. The molecule has 0 aromatic carbocycles. The lowest BCUT2D eigenvalue weighted by Gasteiger charge is -2.48. The number of alkyl halides is 32. The second-order valence-corrected chi connectivity index (χ2v) is 22.8. The Labute approximate surface area is 526 Å². The molecule has 0 aliphatic heterocycles. The van der Waals surface area contributed by atoms with Crippen molar-refractivity contribution in [1.82, 2.24) is 0 Å². The summed E-state index contributed by atoms with van der Waals surface area (Å²) in [6, 6.07) is 0. The van der Waals surface area contributed by atoms with Crippen LogP contribution in [0.1, 0.15) is 165 Å². The van der Waals surface area contributed by atoms with Gasteiger partial charge in [0.05, 0.1) is 16.2 Å².